The molecule has 1 N–H and O–H groups in total. The van der Waals surface area contributed by atoms with Crippen molar-refractivity contribution in [3.05, 3.63) is 77.9 Å². The first-order valence-corrected chi connectivity index (χ1v) is 8.76. The van der Waals surface area contributed by atoms with E-state index in [0.29, 0.717) is 13.0 Å². The minimum atomic E-state index is -0.533. The number of nitrogens with zero attached hydrogens (tertiary/aromatic N) is 1. The summed E-state index contributed by atoms with van der Waals surface area (Å²) in [7, 11) is 0. The van der Waals surface area contributed by atoms with E-state index in [1.165, 1.54) is 6.92 Å². The highest BCUT2D eigenvalue weighted by Gasteiger charge is 2.34. The summed E-state index contributed by atoms with van der Waals surface area (Å²) in [5.41, 5.74) is 3.10. The van der Waals surface area contributed by atoms with E-state index in [1.54, 1.807) is 4.90 Å². The number of carbonyl (C=O) groups excluding carboxylic acids is 2. The molecule has 2 amide bonds. The van der Waals surface area contributed by atoms with Crippen LogP contribution in [0, 0.1) is 0 Å². The molecular weight excluding hydrogens is 324 g/mol. The number of nitrogens with one attached hydrogen (secondary N) is 1. The summed E-state index contributed by atoms with van der Waals surface area (Å²) in [6.07, 6.45) is 0.514. The molecule has 0 saturated carbocycles. The Hall–Kier alpha value is -3.14. The number of anilines is 1. The van der Waals surface area contributed by atoms with Crippen molar-refractivity contribution < 1.29 is 9.59 Å². The lowest BCUT2D eigenvalue weighted by Gasteiger charge is -2.35. The monoisotopic (exact) mass is 344 g/mol. The third kappa shape index (κ3) is 2.94. The molecule has 3 aromatic rings. The van der Waals surface area contributed by atoms with Gasteiger partial charge in [-0.1, -0.05) is 60.7 Å². The molecule has 0 radical (unpaired) electrons. The number of hydrogen-bond acceptors (Lipinski definition) is 2. The van der Waals surface area contributed by atoms with Gasteiger partial charge >= 0.3 is 0 Å². The molecule has 1 heterocycles. The van der Waals surface area contributed by atoms with E-state index in [0.717, 1.165) is 27.6 Å². The Morgan fingerprint density at radius 3 is 2.54 bits per heavy atom. The van der Waals surface area contributed by atoms with E-state index in [4.69, 9.17) is 0 Å². The van der Waals surface area contributed by atoms with Crippen molar-refractivity contribution in [3.63, 3.8) is 0 Å². The van der Waals surface area contributed by atoms with Crippen LogP contribution in [0.1, 0.15) is 18.1 Å². The predicted molar refractivity (Wildman–Crippen MR) is 103 cm³/mol. The number of fused-ring (bicyclic) bond motifs is 3. The maximum absolute atomic E-state index is 13.1. The van der Waals surface area contributed by atoms with Crippen LogP contribution in [0.2, 0.25) is 0 Å². The standard InChI is InChI=1S/C22H20N2O2/c1-15(25)23-20-13-19-18-10-6-5-9-17(18)11-12-21(19)24(22(20)26)14-16-7-3-2-4-8-16/h2-12,20H,13-14H2,1H3,(H,23,25). The number of benzene rings is 3. The molecular formula is C22H20N2O2. The molecule has 0 aromatic heterocycles. The van der Waals surface area contributed by atoms with Crippen LogP contribution >= 0.6 is 0 Å². The van der Waals surface area contributed by atoms with E-state index < -0.39 is 6.04 Å². The average molecular weight is 344 g/mol. The zero-order chi connectivity index (χ0) is 18.1. The first-order chi connectivity index (χ1) is 12.6. The Balaban J connectivity index is 1.83. The van der Waals surface area contributed by atoms with Gasteiger partial charge in [0.2, 0.25) is 11.8 Å². The number of hydrogen-bond donors (Lipinski definition) is 1. The Morgan fingerprint density at radius 1 is 1.04 bits per heavy atom. The molecule has 0 saturated heterocycles. The molecule has 1 atom stereocenters. The third-order valence-corrected chi connectivity index (χ3v) is 4.84. The molecule has 1 aliphatic rings. The van der Waals surface area contributed by atoms with Crippen molar-refractivity contribution in [2.75, 3.05) is 4.90 Å². The van der Waals surface area contributed by atoms with Crippen LogP contribution in [0.3, 0.4) is 0 Å². The maximum Gasteiger partial charge on any atom is 0.250 e. The molecule has 130 valence electrons. The van der Waals surface area contributed by atoms with Crippen LogP contribution < -0.4 is 10.2 Å². The second-order valence-electron chi connectivity index (χ2n) is 6.65. The lowest BCUT2D eigenvalue weighted by atomic mass is 9.91. The average Bonchev–Trinajstić information content (AvgIpc) is 2.65. The van der Waals surface area contributed by atoms with E-state index in [-0.39, 0.29) is 11.8 Å². The molecule has 4 nitrogen and oxygen atoms in total. The zero-order valence-corrected chi connectivity index (χ0v) is 14.6. The molecule has 0 bridgehead atoms. The number of carbonyl (C=O) groups is 2. The quantitative estimate of drug-likeness (QED) is 0.791. The van der Waals surface area contributed by atoms with Gasteiger partial charge in [-0.05, 0) is 28.0 Å². The second kappa shape index (κ2) is 6.64. The van der Waals surface area contributed by atoms with Gasteiger partial charge in [-0.25, -0.2) is 0 Å². The molecule has 26 heavy (non-hydrogen) atoms. The van der Waals surface area contributed by atoms with Gasteiger partial charge in [-0.2, -0.15) is 0 Å². The van der Waals surface area contributed by atoms with E-state index in [1.807, 2.05) is 48.5 Å². The highest BCUT2D eigenvalue weighted by atomic mass is 16.2. The second-order valence-corrected chi connectivity index (χ2v) is 6.65. The minimum Gasteiger partial charge on any atom is -0.344 e. The summed E-state index contributed by atoms with van der Waals surface area (Å²) >= 11 is 0. The topological polar surface area (TPSA) is 49.4 Å². The Labute approximate surface area is 152 Å². The Morgan fingerprint density at radius 2 is 1.77 bits per heavy atom. The Kier molecular flexibility index (Phi) is 4.17. The van der Waals surface area contributed by atoms with E-state index in [9.17, 15) is 9.59 Å². The van der Waals surface area contributed by atoms with Gasteiger partial charge in [0, 0.05) is 19.0 Å². The predicted octanol–water partition coefficient (Wildman–Crippen LogP) is 3.43. The smallest absolute Gasteiger partial charge is 0.250 e. The summed E-state index contributed by atoms with van der Waals surface area (Å²) in [6.45, 7) is 1.94. The van der Waals surface area contributed by atoms with Crippen LogP contribution in [-0.4, -0.2) is 17.9 Å². The van der Waals surface area contributed by atoms with E-state index in [2.05, 4.69) is 23.5 Å². The van der Waals surface area contributed by atoms with Gasteiger partial charge < -0.3 is 10.2 Å². The van der Waals surface area contributed by atoms with Gasteiger partial charge in [0.1, 0.15) is 6.04 Å². The van der Waals surface area contributed by atoms with Crippen LogP contribution in [-0.2, 0) is 22.6 Å². The summed E-state index contributed by atoms with van der Waals surface area (Å²) < 4.78 is 0. The van der Waals surface area contributed by atoms with Gasteiger partial charge in [0.25, 0.3) is 0 Å². The van der Waals surface area contributed by atoms with Crippen LogP contribution in [0.5, 0.6) is 0 Å². The van der Waals surface area contributed by atoms with Gasteiger partial charge in [0.05, 0.1) is 6.54 Å². The van der Waals surface area contributed by atoms with Crippen LogP contribution in [0.4, 0.5) is 5.69 Å². The highest BCUT2D eigenvalue weighted by Crippen LogP contribution is 2.35. The zero-order valence-electron chi connectivity index (χ0n) is 14.6. The third-order valence-electron chi connectivity index (χ3n) is 4.84. The van der Waals surface area contributed by atoms with E-state index >= 15 is 0 Å². The fourth-order valence-corrected chi connectivity index (χ4v) is 3.68. The summed E-state index contributed by atoms with van der Waals surface area (Å²) in [6, 6.07) is 21.6. The van der Waals surface area contributed by atoms with Crippen molar-refractivity contribution >= 4 is 28.3 Å². The summed E-state index contributed by atoms with van der Waals surface area (Å²) in [4.78, 5) is 26.5. The largest absolute Gasteiger partial charge is 0.344 e. The van der Waals surface area contributed by atoms with Gasteiger partial charge in [-0.3, -0.25) is 9.59 Å². The molecule has 0 spiro atoms. The molecule has 1 aliphatic heterocycles. The van der Waals surface area contributed by atoms with Gasteiger partial charge in [0.15, 0.2) is 0 Å². The Bertz CT molecular complexity index is 982. The molecule has 4 rings (SSSR count). The van der Waals surface area contributed by atoms with Gasteiger partial charge in [-0.15, -0.1) is 0 Å². The van der Waals surface area contributed by atoms with Crippen molar-refractivity contribution in [1.29, 1.82) is 0 Å². The lowest BCUT2D eigenvalue weighted by Crippen LogP contribution is -2.52. The molecule has 1 unspecified atom stereocenters. The van der Waals surface area contributed by atoms with Crippen LogP contribution in [0.25, 0.3) is 10.8 Å². The molecule has 0 aliphatic carbocycles. The number of amides is 2. The molecule has 0 fully saturated rings. The molecule has 3 aromatic carbocycles. The summed E-state index contributed by atoms with van der Waals surface area (Å²) in [5, 5.41) is 5.09. The fraction of sp³-hybridized carbons (Fsp3) is 0.182. The van der Waals surface area contributed by atoms with Crippen molar-refractivity contribution in [3.8, 4) is 0 Å². The maximum atomic E-state index is 13.1. The molecule has 4 heteroatoms. The van der Waals surface area contributed by atoms with Crippen molar-refractivity contribution in [2.45, 2.75) is 25.9 Å². The van der Waals surface area contributed by atoms with Crippen molar-refractivity contribution in [1.82, 2.24) is 5.32 Å². The minimum absolute atomic E-state index is 0.0631. The number of rotatable bonds is 3. The summed E-state index contributed by atoms with van der Waals surface area (Å²) in [5.74, 6) is -0.251. The van der Waals surface area contributed by atoms with Crippen LogP contribution in [0.15, 0.2) is 66.7 Å². The first-order valence-electron chi connectivity index (χ1n) is 8.76. The highest BCUT2D eigenvalue weighted by molar-refractivity contribution is 6.05. The first kappa shape index (κ1) is 16.3. The normalized spacial score (nSPS) is 16.4. The fourth-order valence-electron chi connectivity index (χ4n) is 3.68. The van der Waals surface area contributed by atoms with Crippen molar-refractivity contribution in [2.24, 2.45) is 0 Å². The SMILES string of the molecule is CC(=O)NC1Cc2c(ccc3ccccc23)N(Cc2ccccc2)C1=O. The lowest BCUT2D eigenvalue weighted by molar-refractivity contribution is -0.126.